The second kappa shape index (κ2) is 5.92. The maximum atomic E-state index is 9.77. The Labute approximate surface area is 138 Å². The number of aromatic nitrogens is 4. The van der Waals surface area contributed by atoms with E-state index in [1.165, 1.54) is 13.3 Å². The number of aryl methyl sites for hydroxylation is 1. The molecule has 24 heavy (non-hydrogen) atoms. The zero-order valence-corrected chi connectivity index (χ0v) is 13.4. The van der Waals surface area contributed by atoms with Crippen LogP contribution >= 0.6 is 0 Å². The van der Waals surface area contributed by atoms with Crippen molar-refractivity contribution in [1.29, 1.82) is 0 Å². The number of anilines is 1. The van der Waals surface area contributed by atoms with E-state index in [1.807, 2.05) is 31.2 Å². The second-order valence-corrected chi connectivity index (χ2v) is 5.69. The number of hydrogen-bond acceptors (Lipinski definition) is 6. The first-order valence-electron chi connectivity index (χ1n) is 7.34. The molecule has 4 N–H and O–H groups in total. The first-order valence-corrected chi connectivity index (χ1v) is 7.34. The van der Waals surface area contributed by atoms with Crippen molar-refractivity contribution in [2.24, 2.45) is 0 Å². The summed E-state index contributed by atoms with van der Waals surface area (Å²) in [5.74, 6) is 5.88. The van der Waals surface area contributed by atoms with Gasteiger partial charge in [-0.3, -0.25) is 0 Å². The number of aliphatic hydroxyl groups is 2. The van der Waals surface area contributed by atoms with Gasteiger partial charge < -0.3 is 15.9 Å². The molecule has 122 valence electrons. The highest BCUT2D eigenvalue weighted by atomic mass is 16.3. The number of hydrogen-bond donors (Lipinski definition) is 3. The van der Waals surface area contributed by atoms with E-state index in [0.29, 0.717) is 17.0 Å². The Bertz CT molecular complexity index is 966. The maximum absolute atomic E-state index is 9.77. The topological polar surface area (TPSA) is 110 Å². The number of nitrogen functional groups attached to an aromatic ring is 1. The fourth-order valence-electron chi connectivity index (χ4n) is 2.29. The van der Waals surface area contributed by atoms with E-state index in [9.17, 15) is 5.11 Å². The number of benzene rings is 1. The van der Waals surface area contributed by atoms with E-state index < -0.39 is 12.2 Å². The molecule has 0 aliphatic heterocycles. The molecule has 3 aromatic rings. The molecule has 0 amide bonds. The van der Waals surface area contributed by atoms with Crippen molar-refractivity contribution in [1.82, 2.24) is 19.7 Å². The van der Waals surface area contributed by atoms with Gasteiger partial charge in [0.15, 0.2) is 5.65 Å². The standard InChI is InChI=1S/C17H17N5O2/c1-11-14-15(18)19-10-20-16(14)22(21-11)13-5-3-4-12(8-13)6-7-17(2,24)9-23/h3-5,8,10,23-24H,9H2,1-2H3,(H2,18,19,20). The van der Waals surface area contributed by atoms with Gasteiger partial charge in [0.25, 0.3) is 0 Å². The summed E-state index contributed by atoms with van der Waals surface area (Å²) in [4.78, 5) is 8.27. The molecule has 0 bridgehead atoms. The van der Waals surface area contributed by atoms with Crippen molar-refractivity contribution in [3.63, 3.8) is 0 Å². The highest BCUT2D eigenvalue weighted by molar-refractivity contribution is 5.88. The van der Waals surface area contributed by atoms with E-state index in [-0.39, 0.29) is 0 Å². The van der Waals surface area contributed by atoms with Crippen LogP contribution in [0.25, 0.3) is 16.7 Å². The Balaban J connectivity index is 2.09. The fraction of sp³-hybridized carbons (Fsp3) is 0.235. The maximum Gasteiger partial charge on any atom is 0.168 e. The number of nitrogens with zero attached hydrogens (tertiary/aromatic N) is 4. The summed E-state index contributed by atoms with van der Waals surface area (Å²) in [5, 5.41) is 24.0. The molecule has 1 aromatic carbocycles. The molecule has 2 aromatic heterocycles. The van der Waals surface area contributed by atoms with Crippen LogP contribution in [-0.4, -0.2) is 42.2 Å². The molecule has 7 nitrogen and oxygen atoms in total. The highest BCUT2D eigenvalue weighted by Gasteiger charge is 2.15. The average molecular weight is 323 g/mol. The van der Waals surface area contributed by atoms with Gasteiger partial charge in [0.2, 0.25) is 0 Å². The zero-order valence-electron chi connectivity index (χ0n) is 13.4. The van der Waals surface area contributed by atoms with Crippen molar-refractivity contribution < 1.29 is 10.2 Å². The molecule has 0 spiro atoms. The molecule has 0 saturated carbocycles. The Morgan fingerprint density at radius 2 is 2.12 bits per heavy atom. The lowest BCUT2D eigenvalue weighted by Crippen LogP contribution is -2.26. The molecule has 1 atom stereocenters. The monoisotopic (exact) mass is 323 g/mol. The van der Waals surface area contributed by atoms with Crippen LogP contribution in [0.15, 0.2) is 30.6 Å². The number of aliphatic hydroxyl groups excluding tert-OH is 1. The zero-order chi connectivity index (χ0) is 17.3. The van der Waals surface area contributed by atoms with Crippen LogP contribution in [0.3, 0.4) is 0 Å². The number of nitrogens with two attached hydrogens (primary N) is 1. The molecule has 1 unspecified atom stereocenters. The van der Waals surface area contributed by atoms with Crippen molar-refractivity contribution in [2.75, 3.05) is 12.3 Å². The molecule has 3 rings (SSSR count). The molecule has 0 radical (unpaired) electrons. The lowest BCUT2D eigenvalue weighted by molar-refractivity contribution is 0.0519. The van der Waals surface area contributed by atoms with E-state index in [0.717, 1.165) is 16.8 Å². The van der Waals surface area contributed by atoms with Crippen LogP contribution in [0.2, 0.25) is 0 Å². The third-order valence-corrected chi connectivity index (χ3v) is 3.54. The summed E-state index contributed by atoms with van der Waals surface area (Å²) in [7, 11) is 0. The minimum atomic E-state index is -1.44. The Morgan fingerprint density at radius 3 is 2.88 bits per heavy atom. The van der Waals surface area contributed by atoms with Crippen LogP contribution < -0.4 is 5.73 Å². The molecule has 2 heterocycles. The van der Waals surface area contributed by atoms with Crippen LogP contribution in [0.4, 0.5) is 5.82 Å². The summed E-state index contributed by atoms with van der Waals surface area (Å²) in [6.07, 6.45) is 1.40. The second-order valence-electron chi connectivity index (χ2n) is 5.69. The van der Waals surface area contributed by atoms with Gasteiger partial charge in [-0.1, -0.05) is 17.9 Å². The average Bonchev–Trinajstić information content (AvgIpc) is 2.92. The fourth-order valence-corrected chi connectivity index (χ4v) is 2.29. The molecular formula is C17H17N5O2. The van der Waals surface area contributed by atoms with Crippen LogP contribution in [0.5, 0.6) is 0 Å². The summed E-state index contributed by atoms with van der Waals surface area (Å²) in [6.45, 7) is 2.87. The first-order chi connectivity index (χ1) is 11.4. The normalized spacial score (nSPS) is 13.3. The highest BCUT2D eigenvalue weighted by Crippen LogP contribution is 2.23. The van der Waals surface area contributed by atoms with Crippen LogP contribution in [0, 0.1) is 18.8 Å². The molecule has 0 saturated heterocycles. The molecule has 0 aliphatic rings. The minimum absolute atomic E-state index is 0.388. The lowest BCUT2D eigenvalue weighted by Gasteiger charge is -2.10. The largest absolute Gasteiger partial charge is 0.392 e. The van der Waals surface area contributed by atoms with Gasteiger partial charge >= 0.3 is 0 Å². The third-order valence-electron chi connectivity index (χ3n) is 3.54. The molecule has 0 fully saturated rings. The Hall–Kier alpha value is -2.95. The van der Waals surface area contributed by atoms with Gasteiger partial charge in [0, 0.05) is 5.56 Å². The molecular weight excluding hydrogens is 306 g/mol. The van der Waals surface area contributed by atoms with E-state index in [4.69, 9.17) is 10.8 Å². The van der Waals surface area contributed by atoms with Gasteiger partial charge in [0.1, 0.15) is 17.7 Å². The van der Waals surface area contributed by atoms with Gasteiger partial charge in [-0.25, -0.2) is 14.6 Å². The summed E-state index contributed by atoms with van der Waals surface area (Å²) in [5.41, 5.74) is 7.28. The molecule has 7 heteroatoms. The van der Waals surface area contributed by atoms with Gasteiger partial charge in [-0.2, -0.15) is 5.10 Å². The predicted molar refractivity (Wildman–Crippen MR) is 90.4 cm³/mol. The number of fused-ring (bicyclic) bond motifs is 1. The quantitative estimate of drug-likeness (QED) is 0.602. The van der Waals surface area contributed by atoms with Crippen LogP contribution in [0.1, 0.15) is 18.2 Å². The lowest BCUT2D eigenvalue weighted by atomic mass is 10.1. The Kier molecular flexibility index (Phi) is 3.93. The Morgan fingerprint density at radius 1 is 1.33 bits per heavy atom. The summed E-state index contributed by atoms with van der Waals surface area (Å²) in [6, 6.07) is 7.34. The smallest absolute Gasteiger partial charge is 0.168 e. The summed E-state index contributed by atoms with van der Waals surface area (Å²) < 4.78 is 1.68. The van der Waals surface area contributed by atoms with Crippen molar-refractivity contribution >= 4 is 16.9 Å². The SMILES string of the molecule is Cc1nn(-c2cccc(C#CC(C)(O)CO)c2)c2ncnc(N)c12. The number of rotatable bonds is 2. The van der Waals surface area contributed by atoms with Crippen molar-refractivity contribution in [2.45, 2.75) is 19.4 Å². The third kappa shape index (κ3) is 2.93. The van der Waals surface area contributed by atoms with E-state index >= 15 is 0 Å². The van der Waals surface area contributed by atoms with Gasteiger partial charge in [0.05, 0.1) is 23.4 Å². The van der Waals surface area contributed by atoms with E-state index in [2.05, 4.69) is 26.9 Å². The molecule has 0 aliphatic carbocycles. The van der Waals surface area contributed by atoms with Crippen molar-refractivity contribution in [3.05, 3.63) is 41.9 Å². The van der Waals surface area contributed by atoms with Crippen molar-refractivity contribution in [3.8, 4) is 17.5 Å². The van der Waals surface area contributed by atoms with E-state index in [1.54, 1.807) is 4.68 Å². The van der Waals surface area contributed by atoms with Gasteiger partial charge in [-0.15, -0.1) is 0 Å². The summed E-state index contributed by atoms with van der Waals surface area (Å²) >= 11 is 0. The predicted octanol–water partition coefficient (Wildman–Crippen LogP) is 0.801. The van der Waals surface area contributed by atoms with Gasteiger partial charge in [-0.05, 0) is 32.0 Å². The minimum Gasteiger partial charge on any atom is -0.392 e. The van der Waals surface area contributed by atoms with Crippen LogP contribution in [-0.2, 0) is 0 Å². The first kappa shape index (κ1) is 15.9.